The molecule has 0 bridgehead atoms. The molecule has 2 aromatic rings. The first kappa shape index (κ1) is 20.7. The molecule has 10 heteroatoms. The van der Waals surface area contributed by atoms with Crippen molar-refractivity contribution in [3.05, 3.63) is 50.0 Å². The van der Waals surface area contributed by atoms with Crippen molar-refractivity contribution in [1.29, 1.82) is 0 Å². The van der Waals surface area contributed by atoms with Crippen LogP contribution in [0.2, 0.25) is 0 Å². The van der Waals surface area contributed by atoms with Gasteiger partial charge in [-0.2, -0.15) is 0 Å². The molecule has 0 aliphatic carbocycles. The first-order valence-corrected chi connectivity index (χ1v) is 9.88. The number of rotatable bonds is 3. The van der Waals surface area contributed by atoms with Crippen molar-refractivity contribution in [2.45, 2.75) is 46.3 Å². The maximum atomic E-state index is 12.6. The van der Waals surface area contributed by atoms with Gasteiger partial charge in [0.15, 0.2) is 5.13 Å². The number of hydrogen-bond acceptors (Lipinski definition) is 7. The minimum atomic E-state index is -0.569. The Morgan fingerprint density at radius 2 is 2.07 bits per heavy atom. The van der Waals surface area contributed by atoms with Gasteiger partial charge in [0.2, 0.25) is 0 Å². The van der Waals surface area contributed by atoms with Crippen LogP contribution in [0.5, 0.6) is 0 Å². The maximum absolute atomic E-state index is 12.6. The quantitative estimate of drug-likeness (QED) is 0.597. The molecule has 0 unspecified atom stereocenters. The number of benzene rings is 1. The zero-order valence-electron chi connectivity index (χ0n) is 16.6. The number of carbonyl (C=O) groups is 2. The second-order valence-corrected chi connectivity index (χ2v) is 8.79. The summed E-state index contributed by atoms with van der Waals surface area (Å²) in [7, 11) is 0. The summed E-state index contributed by atoms with van der Waals surface area (Å²) in [5.74, 6) is -0.457. The van der Waals surface area contributed by atoms with Crippen LogP contribution in [0.4, 0.5) is 15.6 Å². The Bertz CT molecular complexity index is 979. The first-order chi connectivity index (χ1) is 13.5. The van der Waals surface area contributed by atoms with E-state index < -0.39 is 16.4 Å². The molecule has 0 spiro atoms. The Morgan fingerprint density at radius 1 is 1.34 bits per heavy atom. The lowest BCUT2D eigenvalue weighted by Gasteiger charge is -2.29. The van der Waals surface area contributed by atoms with E-state index in [1.165, 1.54) is 29.5 Å². The molecule has 2 heterocycles. The van der Waals surface area contributed by atoms with Crippen molar-refractivity contribution in [3.63, 3.8) is 0 Å². The van der Waals surface area contributed by atoms with E-state index in [9.17, 15) is 19.7 Å². The molecular weight excluding hydrogens is 396 g/mol. The van der Waals surface area contributed by atoms with E-state index in [2.05, 4.69) is 10.3 Å². The summed E-state index contributed by atoms with van der Waals surface area (Å²) in [6, 6.07) is 4.38. The molecule has 3 rings (SSSR count). The Labute approximate surface area is 171 Å². The van der Waals surface area contributed by atoms with Gasteiger partial charge in [-0.3, -0.25) is 20.2 Å². The summed E-state index contributed by atoms with van der Waals surface area (Å²) in [6.07, 6.45) is 0.186. The van der Waals surface area contributed by atoms with Gasteiger partial charge < -0.3 is 9.64 Å². The van der Waals surface area contributed by atoms with Crippen LogP contribution in [-0.2, 0) is 17.7 Å². The van der Waals surface area contributed by atoms with Crippen LogP contribution < -0.4 is 5.32 Å². The van der Waals surface area contributed by atoms with Gasteiger partial charge in [0.05, 0.1) is 17.2 Å². The number of thiazole rings is 1. The molecule has 0 atom stereocenters. The highest BCUT2D eigenvalue weighted by Gasteiger charge is 2.28. The van der Waals surface area contributed by atoms with Crippen molar-refractivity contribution in [3.8, 4) is 0 Å². The third-order valence-corrected chi connectivity index (χ3v) is 5.35. The van der Waals surface area contributed by atoms with Crippen LogP contribution in [0, 0.1) is 17.0 Å². The average Bonchev–Trinajstić information content (AvgIpc) is 3.01. The van der Waals surface area contributed by atoms with E-state index in [4.69, 9.17) is 4.74 Å². The van der Waals surface area contributed by atoms with Crippen molar-refractivity contribution >= 4 is 34.2 Å². The lowest BCUT2D eigenvalue weighted by atomic mass is 10.1. The number of nitro groups is 1. The molecule has 1 aromatic heterocycles. The molecule has 2 amide bonds. The predicted molar refractivity (Wildman–Crippen MR) is 108 cm³/mol. The van der Waals surface area contributed by atoms with E-state index in [1.54, 1.807) is 11.8 Å². The number of nitrogens with zero attached hydrogens (tertiary/aromatic N) is 3. The fraction of sp³-hybridized carbons (Fsp3) is 0.421. The monoisotopic (exact) mass is 418 g/mol. The zero-order chi connectivity index (χ0) is 21.3. The van der Waals surface area contributed by atoms with Crippen molar-refractivity contribution < 1.29 is 19.2 Å². The molecule has 0 fully saturated rings. The number of nitrogens with one attached hydrogen (secondary N) is 1. The first-order valence-electron chi connectivity index (χ1n) is 9.07. The summed E-state index contributed by atoms with van der Waals surface area (Å²) < 4.78 is 5.41. The summed E-state index contributed by atoms with van der Waals surface area (Å²) in [4.78, 5) is 42.4. The van der Waals surface area contributed by atoms with Gasteiger partial charge in [-0.1, -0.05) is 17.4 Å². The van der Waals surface area contributed by atoms with Gasteiger partial charge in [-0.05, 0) is 33.8 Å². The number of hydrogen-bond donors (Lipinski definition) is 1. The van der Waals surface area contributed by atoms with E-state index in [-0.39, 0.29) is 17.3 Å². The zero-order valence-corrected chi connectivity index (χ0v) is 17.5. The lowest BCUT2D eigenvalue weighted by Crippen LogP contribution is -2.39. The van der Waals surface area contributed by atoms with Gasteiger partial charge >= 0.3 is 6.09 Å². The molecular formula is C19H22N4O5S. The molecule has 0 saturated carbocycles. The molecule has 29 heavy (non-hydrogen) atoms. The van der Waals surface area contributed by atoms with Crippen LogP contribution in [-0.4, -0.2) is 39.0 Å². The Hall–Kier alpha value is -3.01. The Kier molecular flexibility index (Phi) is 5.56. The molecule has 0 radical (unpaired) electrons. The fourth-order valence-corrected chi connectivity index (χ4v) is 3.98. The number of carbonyl (C=O) groups excluding carboxylic acids is 2. The van der Waals surface area contributed by atoms with E-state index in [1.807, 2.05) is 20.8 Å². The Morgan fingerprint density at radius 3 is 2.72 bits per heavy atom. The highest BCUT2D eigenvalue weighted by atomic mass is 32.1. The SMILES string of the molecule is Cc1c(C(=O)Nc2nc3c(s2)CN(C(=O)OC(C)(C)C)CC3)cccc1[N+](=O)[O-]. The largest absolute Gasteiger partial charge is 0.444 e. The molecule has 1 aromatic carbocycles. The normalized spacial score (nSPS) is 13.6. The van der Waals surface area contributed by atoms with Gasteiger partial charge in [-0.15, -0.1) is 0 Å². The minimum absolute atomic E-state index is 0.107. The van der Waals surface area contributed by atoms with Crippen LogP contribution >= 0.6 is 11.3 Å². The summed E-state index contributed by atoms with van der Waals surface area (Å²) in [6.45, 7) is 7.85. The summed E-state index contributed by atoms with van der Waals surface area (Å²) in [5.41, 5.74) is 0.681. The third-order valence-electron chi connectivity index (χ3n) is 4.35. The smallest absolute Gasteiger partial charge is 0.410 e. The summed E-state index contributed by atoms with van der Waals surface area (Å²) >= 11 is 1.29. The number of fused-ring (bicyclic) bond motifs is 1. The van der Waals surface area contributed by atoms with Crippen LogP contribution in [0.25, 0.3) is 0 Å². The average molecular weight is 418 g/mol. The number of ether oxygens (including phenoxy) is 1. The van der Waals surface area contributed by atoms with Gasteiger partial charge in [-0.25, -0.2) is 9.78 Å². The van der Waals surface area contributed by atoms with Crippen molar-refractivity contribution in [1.82, 2.24) is 9.88 Å². The van der Waals surface area contributed by atoms with Crippen molar-refractivity contribution in [2.75, 3.05) is 11.9 Å². The standard InChI is InChI=1S/C19H22N4O5S/c1-11-12(6-5-7-14(11)23(26)27)16(24)21-17-20-13-8-9-22(10-15(13)29-17)18(25)28-19(2,3)4/h5-7H,8-10H2,1-4H3,(H,20,21,24). The van der Waals surface area contributed by atoms with Crippen LogP contribution in [0.15, 0.2) is 18.2 Å². The maximum Gasteiger partial charge on any atom is 0.410 e. The molecule has 0 saturated heterocycles. The van der Waals surface area contributed by atoms with Crippen molar-refractivity contribution in [2.24, 2.45) is 0 Å². The number of aromatic nitrogens is 1. The second kappa shape index (κ2) is 7.78. The van der Waals surface area contributed by atoms with E-state index in [0.717, 1.165) is 10.6 Å². The number of amides is 2. The fourth-order valence-electron chi connectivity index (χ4n) is 2.96. The molecule has 154 valence electrons. The Balaban J connectivity index is 1.73. The lowest BCUT2D eigenvalue weighted by molar-refractivity contribution is -0.385. The highest BCUT2D eigenvalue weighted by molar-refractivity contribution is 7.15. The molecule has 1 aliphatic heterocycles. The summed E-state index contributed by atoms with van der Waals surface area (Å²) in [5, 5.41) is 14.2. The van der Waals surface area contributed by atoms with E-state index in [0.29, 0.717) is 30.2 Å². The van der Waals surface area contributed by atoms with E-state index >= 15 is 0 Å². The number of nitro benzene ring substituents is 1. The molecule has 1 aliphatic rings. The minimum Gasteiger partial charge on any atom is -0.444 e. The number of anilines is 1. The van der Waals surface area contributed by atoms with Gasteiger partial charge in [0.25, 0.3) is 11.6 Å². The third kappa shape index (κ3) is 4.70. The highest BCUT2D eigenvalue weighted by Crippen LogP contribution is 2.30. The second-order valence-electron chi connectivity index (χ2n) is 7.70. The van der Waals surface area contributed by atoms with Crippen LogP contribution in [0.3, 0.4) is 0 Å². The van der Waals surface area contributed by atoms with Gasteiger partial charge in [0.1, 0.15) is 5.60 Å². The topological polar surface area (TPSA) is 115 Å². The van der Waals surface area contributed by atoms with Crippen LogP contribution in [0.1, 0.15) is 47.3 Å². The molecule has 9 nitrogen and oxygen atoms in total. The van der Waals surface area contributed by atoms with Gasteiger partial charge in [0, 0.05) is 35.0 Å². The molecule has 1 N–H and O–H groups in total. The predicted octanol–water partition coefficient (Wildman–Crippen LogP) is 3.91.